The highest BCUT2D eigenvalue weighted by molar-refractivity contribution is 5.67. The van der Waals surface area contributed by atoms with E-state index in [2.05, 4.69) is 55.3 Å². The van der Waals surface area contributed by atoms with Crippen molar-refractivity contribution in [3.63, 3.8) is 0 Å². The van der Waals surface area contributed by atoms with Crippen molar-refractivity contribution in [2.24, 2.45) is 5.92 Å². The van der Waals surface area contributed by atoms with E-state index in [1.54, 1.807) is 0 Å². The molecule has 1 saturated heterocycles. The summed E-state index contributed by atoms with van der Waals surface area (Å²) >= 11 is 0. The highest BCUT2D eigenvalue weighted by atomic mass is 15.3. The van der Waals surface area contributed by atoms with Gasteiger partial charge in [-0.05, 0) is 64.7 Å². The van der Waals surface area contributed by atoms with Crippen molar-refractivity contribution in [3.8, 4) is 11.4 Å². The lowest BCUT2D eigenvalue weighted by atomic mass is 10.1. The minimum absolute atomic E-state index is 0.429. The highest BCUT2D eigenvalue weighted by Crippen LogP contribution is 2.29. The number of nitrogens with zero attached hydrogens (tertiary/aromatic N) is 6. The second-order valence-electron chi connectivity index (χ2n) is 10.2. The Morgan fingerprint density at radius 3 is 2.41 bits per heavy atom. The molecule has 1 N–H and O–H groups in total. The average molecular weight is 460 g/mol. The molecule has 0 atom stereocenters. The Balaban J connectivity index is 1.57. The van der Waals surface area contributed by atoms with Gasteiger partial charge in [0.05, 0.1) is 17.1 Å². The highest BCUT2D eigenvalue weighted by Gasteiger charge is 2.21. The van der Waals surface area contributed by atoms with Gasteiger partial charge in [0.2, 0.25) is 0 Å². The number of aromatic nitrogens is 5. The Morgan fingerprint density at radius 2 is 1.71 bits per heavy atom. The molecule has 0 radical (unpaired) electrons. The number of rotatable bonds is 6. The van der Waals surface area contributed by atoms with Crippen LogP contribution in [0, 0.1) is 19.8 Å². The first-order valence-electron chi connectivity index (χ1n) is 12.9. The number of hydrogen-bond acceptors (Lipinski definition) is 6. The molecule has 4 heterocycles. The third-order valence-corrected chi connectivity index (χ3v) is 6.91. The predicted octanol–water partition coefficient (Wildman–Crippen LogP) is 5.51. The van der Waals surface area contributed by atoms with Crippen LogP contribution in [0.25, 0.3) is 17.0 Å². The monoisotopic (exact) mass is 459 g/mol. The summed E-state index contributed by atoms with van der Waals surface area (Å²) in [6.45, 7) is 10.7. The summed E-state index contributed by atoms with van der Waals surface area (Å²) in [4.78, 5) is 17.3. The second-order valence-corrected chi connectivity index (χ2v) is 10.2. The van der Waals surface area contributed by atoms with Crippen LogP contribution in [-0.4, -0.2) is 43.7 Å². The van der Waals surface area contributed by atoms with E-state index in [-0.39, 0.29) is 0 Å². The van der Waals surface area contributed by atoms with Gasteiger partial charge in [-0.25, -0.2) is 9.97 Å². The molecule has 34 heavy (non-hydrogen) atoms. The number of nitrogens with one attached hydrogen (secondary N) is 1. The molecule has 7 nitrogen and oxygen atoms in total. The molecule has 3 aromatic rings. The van der Waals surface area contributed by atoms with E-state index in [4.69, 9.17) is 20.1 Å². The van der Waals surface area contributed by atoms with Crippen molar-refractivity contribution < 1.29 is 0 Å². The van der Waals surface area contributed by atoms with E-state index in [0.29, 0.717) is 12.0 Å². The lowest BCUT2D eigenvalue weighted by Gasteiger charge is -2.21. The fourth-order valence-corrected chi connectivity index (χ4v) is 5.10. The first-order valence-corrected chi connectivity index (χ1v) is 12.9. The predicted molar refractivity (Wildman–Crippen MR) is 138 cm³/mol. The van der Waals surface area contributed by atoms with Crippen LogP contribution in [0.5, 0.6) is 0 Å². The molecule has 1 fully saturated rings. The molecule has 7 heteroatoms. The summed E-state index contributed by atoms with van der Waals surface area (Å²) in [5.74, 6) is 2.59. The second kappa shape index (κ2) is 9.72. The summed E-state index contributed by atoms with van der Waals surface area (Å²) in [6.07, 6.45) is 12.5. The minimum Gasteiger partial charge on any atom is -0.367 e. The molecule has 2 aliphatic rings. The SMILES string of the molecule is Cc1nc(C)c(-c2cc3nc(N4CCCC4)cc(NC4CCC=CCC4)n3n2)nc1CC(C)C. The van der Waals surface area contributed by atoms with Crippen LogP contribution in [-0.2, 0) is 6.42 Å². The molecular weight excluding hydrogens is 422 g/mol. The maximum absolute atomic E-state index is 5.03. The van der Waals surface area contributed by atoms with E-state index < -0.39 is 0 Å². The van der Waals surface area contributed by atoms with Gasteiger partial charge in [-0.3, -0.25) is 4.98 Å². The molecule has 0 aromatic carbocycles. The maximum Gasteiger partial charge on any atom is 0.160 e. The third-order valence-electron chi connectivity index (χ3n) is 6.91. The lowest BCUT2D eigenvalue weighted by Crippen LogP contribution is -2.23. The molecule has 1 aliphatic heterocycles. The number of anilines is 2. The molecule has 0 saturated carbocycles. The molecule has 0 unspecified atom stereocenters. The van der Waals surface area contributed by atoms with E-state index >= 15 is 0 Å². The topological polar surface area (TPSA) is 71.2 Å². The molecule has 1 aliphatic carbocycles. The number of aryl methyl sites for hydroxylation is 2. The molecule has 0 bridgehead atoms. The fourth-order valence-electron chi connectivity index (χ4n) is 5.10. The molecular formula is C27H37N7. The Bertz CT molecular complexity index is 1180. The summed E-state index contributed by atoms with van der Waals surface area (Å²) in [7, 11) is 0. The zero-order valence-electron chi connectivity index (χ0n) is 21.0. The summed E-state index contributed by atoms with van der Waals surface area (Å²) < 4.78 is 1.97. The van der Waals surface area contributed by atoms with Crippen molar-refractivity contribution in [1.29, 1.82) is 0 Å². The van der Waals surface area contributed by atoms with Gasteiger partial charge in [0, 0.05) is 31.3 Å². The zero-order valence-corrected chi connectivity index (χ0v) is 21.0. The summed E-state index contributed by atoms with van der Waals surface area (Å²) in [5.41, 5.74) is 5.55. The zero-order chi connectivity index (χ0) is 23.7. The van der Waals surface area contributed by atoms with Crippen LogP contribution in [0.15, 0.2) is 24.3 Å². The smallest absolute Gasteiger partial charge is 0.160 e. The van der Waals surface area contributed by atoms with Gasteiger partial charge in [-0.1, -0.05) is 26.0 Å². The summed E-state index contributed by atoms with van der Waals surface area (Å²) in [5, 5.41) is 8.82. The standard InChI is InChI=1S/C27H37N7/c1-18(2)15-22-19(3)28-20(4)27(30-22)23-16-25-31-24(33-13-9-10-14-33)17-26(34(25)32-23)29-21-11-7-5-6-8-12-21/h5-6,16-18,21,29H,7-15H2,1-4H3. The van der Waals surface area contributed by atoms with Crippen LogP contribution in [0.3, 0.4) is 0 Å². The van der Waals surface area contributed by atoms with Crippen molar-refractivity contribution in [3.05, 3.63) is 41.4 Å². The first-order chi connectivity index (χ1) is 16.5. The van der Waals surface area contributed by atoms with E-state index in [0.717, 1.165) is 90.9 Å². The molecule has 5 rings (SSSR count). The van der Waals surface area contributed by atoms with Crippen LogP contribution in [0.2, 0.25) is 0 Å². The summed E-state index contributed by atoms with van der Waals surface area (Å²) in [6, 6.07) is 4.69. The quantitative estimate of drug-likeness (QED) is 0.490. The molecule has 180 valence electrons. The van der Waals surface area contributed by atoms with Crippen molar-refractivity contribution in [2.75, 3.05) is 23.3 Å². The number of hydrogen-bond donors (Lipinski definition) is 1. The fraction of sp³-hybridized carbons (Fsp3) is 0.556. The Hall–Kier alpha value is -2.96. The average Bonchev–Trinajstić information content (AvgIpc) is 3.41. The maximum atomic E-state index is 5.03. The van der Waals surface area contributed by atoms with Gasteiger partial charge in [0.1, 0.15) is 23.0 Å². The van der Waals surface area contributed by atoms with E-state index in [1.807, 2.05) is 11.4 Å². The van der Waals surface area contributed by atoms with E-state index in [9.17, 15) is 0 Å². The Labute approximate surface area is 202 Å². The first kappa shape index (κ1) is 22.8. The number of allylic oxidation sites excluding steroid dienone is 2. The van der Waals surface area contributed by atoms with Gasteiger partial charge < -0.3 is 10.2 Å². The van der Waals surface area contributed by atoms with Crippen LogP contribution < -0.4 is 10.2 Å². The molecule has 0 amide bonds. The van der Waals surface area contributed by atoms with Crippen LogP contribution in [0.1, 0.15) is 69.5 Å². The van der Waals surface area contributed by atoms with Crippen LogP contribution in [0.4, 0.5) is 11.6 Å². The van der Waals surface area contributed by atoms with Gasteiger partial charge >= 0.3 is 0 Å². The van der Waals surface area contributed by atoms with Crippen molar-refractivity contribution in [1.82, 2.24) is 24.6 Å². The third kappa shape index (κ3) is 4.79. The van der Waals surface area contributed by atoms with Crippen molar-refractivity contribution >= 4 is 17.3 Å². The lowest BCUT2D eigenvalue weighted by molar-refractivity contribution is 0.625. The minimum atomic E-state index is 0.429. The van der Waals surface area contributed by atoms with Gasteiger partial charge in [0.15, 0.2) is 5.65 Å². The molecule has 3 aromatic heterocycles. The Morgan fingerprint density at radius 1 is 0.971 bits per heavy atom. The van der Waals surface area contributed by atoms with Crippen LogP contribution >= 0.6 is 0 Å². The van der Waals surface area contributed by atoms with Gasteiger partial charge in [0.25, 0.3) is 0 Å². The largest absolute Gasteiger partial charge is 0.367 e. The van der Waals surface area contributed by atoms with Crippen molar-refractivity contribution in [2.45, 2.75) is 78.7 Å². The van der Waals surface area contributed by atoms with Gasteiger partial charge in [-0.15, -0.1) is 0 Å². The van der Waals surface area contributed by atoms with E-state index in [1.165, 1.54) is 12.8 Å². The normalized spacial score (nSPS) is 17.1. The molecule has 0 spiro atoms. The van der Waals surface area contributed by atoms with Gasteiger partial charge in [-0.2, -0.15) is 9.61 Å². The number of fused-ring (bicyclic) bond motifs is 1. The Kier molecular flexibility index (Phi) is 6.53.